The maximum absolute atomic E-state index is 12.3. The minimum Gasteiger partial charge on any atom is -0.399 e. The second-order valence-corrected chi connectivity index (χ2v) is 7.12. The van der Waals surface area contributed by atoms with E-state index < -0.39 is 9.84 Å². The third kappa shape index (κ3) is 3.11. The van der Waals surface area contributed by atoms with Gasteiger partial charge in [-0.1, -0.05) is 0 Å². The van der Waals surface area contributed by atoms with Crippen molar-refractivity contribution in [3.05, 3.63) is 30.0 Å². The summed E-state index contributed by atoms with van der Waals surface area (Å²) in [5.74, 6) is -0.287. The average molecular weight is 295 g/mol. The number of nitrogens with two attached hydrogens (primary N) is 1. The fraction of sp³-hybridized carbons (Fsp3) is 0.308. The Hall–Kier alpha value is -2.02. The number of sulfone groups is 1. The van der Waals surface area contributed by atoms with E-state index in [-0.39, 0.29) is 18.2 Å². The summed E-state index contributed by atoms with van der Waals surface area (Å²) in [6.45, 7) is 0.159. The Morgan fingerprint density at radius 2 is 2.10 bits per heavy atom. The molecule has 0 bridgehead atoms. The predicted octanol–water partition coefficient (Wildman–Crippen LogP) is 0.867. The van der Waals surface area contributed by atoms with Crippen LogP contribution in [0.15, 0.2) is 24.4 Å². The highest BCUT2D eigenvalue weighted by atomic mass is 32.2. The van der Waals surface area contributed by atoms with Crippen LogP contribution in [0.2, 0.25) is 0 Å². The van der Waals surface area contributed by atoms with E-state index in [1.54, 1.807) is 31.4 Å². The van der Waals surface area contributed by atoms with Crippen molar-refractivity contribution in [2.75, 3.05) is 31.3 Å². The molecular formula is C13H17N3O3S. The molecule has 0 radical (unpaired) electrons. The monoisotopic (exact) mass is 295 g/mol. The maximum atomic E-state index is 12.3. The first kappa shape index (κ1) is 14.4. The number of H-pyrrole nitrogens is 1. The molecule has 1 amide bonds. The lowest BCUT2D eigenvalue weighted by Gasteiger charge is -2.16. The summed E-state index contributed by atoms with van der Waals surface area (Å²) < 4.78 is 22.3. The summed E-state index contributed by atoms with van der Waals surface area (Å²) in [4.78, 5) is 16.7. The van der Waals surface area contributed by atoms with Gasteiger partial charge in [0.05, 0.1) is 11.3 Å². The maximum Gasteiger partial charge on any atom is 0.255 e. The number of benzene rings is 1. The molecule has 0 atom stereocenters. The lowest BCUT2D eigenvalue weighted by molar-refractivity contribution is 0.0805. The van der Waals surface area contributed by atoms with Gasteiger partial charge in [0, 0.05) is 42.6 Å². The molecule has 0 saturated carbocycles. The van der Waals surface area contributed by atoms with E-state index >= 15 is 0 Å². The van der Waals surface area contributed by atoms with Crippen LogP contribution in [0.25, 0.3) is 10.9 Å². The van der Waals surface area contributed by atoms with Crippen LogP contribution in [0.5, 0.6) is 0 Å². The Morgan fingerprint density at radius 1 is 1.40 bits per heavy atom. The Bertz CT molecular complexity index is 749. The number of aromatic amines is 1. The predicted molar refractivity (Wildman–Crippen MR) is 79.4 cm³/mol. The van der Waals surface area contributed by atoms with Crippen molar-refractivity contribution in [3.63, 3.8) is 0 Å². The van der Waals surface area contributed by atoms with Gasteiger partial charge in [-0.05, 0) is 18.2 Å². The number of nitrogens with one attached hydrogen (secondary N) is 1. The standard InChI is InChI=1S/C13H17N3O3S/c1-16(5-6-20(2,18)19)13(17)11-8-15-12-4-3-9(14)7-10(11)12/h3-4,7-8,15H,5-6,14H2,1-2H3. The van der Waals surface area contributed by atoms with E-state index in [0.29, 0.717) is 11.3 Å². The number of fused-ring (bicyclic) bond motifs is 1. The number of anilines is 1. The van der Waals surface area contributed by atoms with Crippen LogP contribution in [0.4, 0.5) is 5.69 Å². The smallest absolute Gasteiger partial charge is 0.255 e. The fourth-order valence-corrected chi connectivity index (χ4v) is 2.53. The summed E-state index contributed by atoms with van der Waals surface area (Å²) in [7, 11) is -1.51. The first-order valence-electron chi connectivity index (χ1n) is 6.08. The molecule has 0 spiro atoms. The van der Waals surface area contributed by atoms with Crippen LogP contribution < -0.4 is 5.73 Å². The highest BCUT2D eigenvalue weighted by Gasteiger charge is 2.17. The van der Waals surface area contributed by atoms with Crippen LogP contribution in [-0.2, 0) is 9.84 Å². The summed E-state index contributed by atoms with van der Waals surface area (Å²) in [5.41, 5.74) is 7.61. The molecule has 2 aromatic rings. The molecule has 2 rings (SSSR count). The Morgan fingerprint density at radius 3 is 2.75 bits per heavy atom. The highest BCUT2D eigenvalue weighted by molar-refractivity contribution is 7.90. The van der Waals surface area contributed by atoms with E-state index in [1.807, 2.05) is 0 Å². The van der Waals surface area contributed by atoms with Gasteiger partial charge in [-0.3, -0.25) is 4.79 Å². The van der Waals surface area contributed by atoms with Crippen molar-refractivity contribution in [3.8, 4) is 0 Å². The van der Waals surface area contributed by atoms with Gasteiger partial charge in [0.25, 0.3) is 5.91 Å². The lowest BCUT2D eigenvalue weighted by Crippen LogP contribution is -2.31. The number of rotatable bonds is 4. The van der Waals surface area contributed by atoms with E-state index in [0.717, 1.165) is 17.2 Å². The molecule has 7 heteroatoms. The van der Waals surface area contributed by atoms with Crippen LogP contribution in [0.1, 0.15) is 10.4 Å². The Kier molecular flexibility index (Phi) is 3.71. The minimum atomic E-state index is -3.09. The van der Waals surface area contributed by atoms with Crippen molar-refractivity contribution in [1.82, 2.24) is 9.88 Å². The number of hydrogen-bond acceptors (Lipinski definition) is 4. The quantitative estimate of drug-likeness (QED) is 0.818. The average Bonchev–Trinajstić information content (AvgIpc) is 2.77. The van der Waals surface area contributed by atoms with E-state index in [2.05, 4.69) is 4.98 Å². The van der Waals surface area contributed by atoms with Gasteiger partial charge < -0.3 is 15.6 Å². The Balaban J connectivity index is 2.25. The SMILES string of the molecule is CN(CCS(C)(=O)=O)C(=O)c1c[nH]c2ccc(N)cc12. The molecule has 1 heterocycles. The largest absolute Gasteiger partial charge is 0.399 e. The topological polar surface area (TPSA) is 96.3 Å². The zero-order valence-corrected chi connectivity index (χ0v) is 12.2. The summed E-state index contributed by atoms with van der Waals surface area (Å²) >= 11 is 0. The third-order valence-corrected chi connectivity index (χ3v) is 4.00. The lowest BCUT2D eigenvalue weighted by atomic mass is 10.1. The molecule has 0 aliphatic carbocycles. The number of nitrogen functional groups attached to an aromatic ring is 1. The molecule has 6 nitrogen and oxygen atoms in total. The number of nitrogens with zero attached hydrogens (tertiary/aromatic N) is 1. The van der Waals surface area contributed by atoms with Gasteiger partial charge in [0.2, 0.25) is 0 Å². The third-order valence-electron chi connectivity index (χ3n) is 3.08. The van der Waals surface area contributed by atoms with Gasteiger partial charge in [0.1, 0.15) is 9.84 Å². The second kappa shape index (κ2) is 5.16. The summed E-state index contributed by atoms with van der Waals surface area (Å²) in [6, 6.07) is 5.28. The molecule has 0 aliphatic rings. The molecule has 0 aliphatic heterocycles. The van der Waals surface area contributed by atoms with Crippen molar-refractivity contribution in [2.24, 2.45) is 0 Å². The summed E-state index contributed by atoms with van der Waals surface area (Å²) in [6.07, 6.45) is 2.76. The summed E-state index contributed by atoms with van der Waals surface area (Å²) in [5, 5.41) is 0.737. The number of aromatic nitrogens is 1. The van der Waals surface area contributed by atoms with E-state index in [1.165, 1.54) is 4.90 Å². The highest BCUT2D eigenvalue weighted by Crippen LogP contribution is 2.21. The first-order chi connectivity index (χ1) is 9.28. The molecule has 0 saturated heterocycles. The number of carbonyl (C=O) groups excluding carboxylic acids is 1. The van der Waals surface area contributed by atoms with Gasteiger partial charge >= 0.3 is 0 Å². The van der Waals surface area contributed by atoms with Gasteiger partial charge in [-0.15, -0.1) is 0 Å². The van der Waals surface area contributed by atoms with Crippen LogP contribution >= 0.6 is 0 Å². The van der Waals surface area contributed by atoms with Crippen LogP contribution in [-0.4, -0.2) is 49.8 Å². The molecule has 1 aromatic heterocycles. The van der Waals surface area contributed by atoms with E-state index in [9.17, 15) is 13.2 Å². The second-order valence-electron chi connectivity index (χ2n) is 4.86. The zero-order chi connectivity index (χ0) is 14.9. The van der Waals surface area contributed by atoms with E-state index in [4.69, 9.17) is 5.73 Å². The molecule has 0 unspecified atom stereocenters. The number of carbonyl (C=O) groups is 1. The number of hydrogen-bond donors (Lipinski definition) is 2. The van der Waals surface area contributed by atoms with Crippen molar-refractivity contribution in [2.45, 2.75) is 0 Å². The van der Waals surface area contributed by atoms with Crippen molar-refractivity contribution < 1.29 is 13.2 Å². The van der Waals surface area contributed by atoms with Gasteiger partial charge in [-0.2, -0.15) is 0 Å². The molecular weight excluding hydrogens is 278 g/mol. The fourth-order valence-electron chi connectivity index (χ4n) is 1.93. The van der Waals surface area contributed by atoms with Crippen molar-refractivity contribution in [1.29, 1.82) is 0 Å². The van der Waals surface area contributed by atoms with Gasteiger partial charge in [0.15, 0.2) is 0 Å². The molecule has 1 aromatic carbocycles. The van der Waals surface area contributed by atoms with Gasteiger partial charge in [-0.25, -0.2) is 8.42 Å². The first-order valence-corrected chi connectivity index (χ1v) is 8.14. The normalized spacial score (nSPS) is 11.7. The van der Waals surface area contributed by atoms with Crippen LogP contribution in [0, 0.1) is 0 Å². The molecule has 20 heavy (non-hydrogen) atoms. The Labute approximate surface area is 117 Å². The molecule has 108 valence electrons. The zero-order valence-electron chi connectivity index (χ0n) is 11.4. The van der Waals surface area contributed by atoms with Crippen LogP contribution in [0.3, 0.4) is 0 Å². The van der Waals surface area contributed by atoms with Crippen molar-refractivity contribution >= 4 is 32.3 Å². The number of amides is 1. The molecule has 0 fully saturated rings. The molecule has 3 N–H and O–H groups in total. The minimum absolute atomic E-state index is 0.0558.